The lowest BCUT2D eigenvalue weighted by Crippen LogP contribution is -2.33. The molecule has 2 aromatic rings. The van der Waals surface area contributed by atoms with Crippen LogP contribution in [0.3, 0.4) is 0 Å². The van der Waals surface area contributed by atoms with Crippen molar-refractivity contribution in [1.29, 1.82) is 0 Å². The van der Waals surface area contributed by atoms with Crippen molar-refractivity contribution in [2.75, 3.05) is 24.5 Å². The molecule has 2 atom stereocenters. The fourth-order valence-electron chi connectivity index (χ4n) is 3.33. The molecule has 0 spiro atoms. The Labute approximate surface area is 179 Å². The van der Waals surface area contributed by atoms with Crippen molar-refractivity contribution < 1.29 is 23.5 Å². The average Bonchev–Trinajstić information content (AvgIpc) is 3.11. The number of nitrogens with one attached hydrogen (secondary N) is 2. The molecule has 0 aliphatic carbocycles. The number of primary amides is 1. The van der Waals surface area contributed by atoms with Crippen LogP contribution in [0.2, 0.25) is 0 Å². The number of carbonyl (C=O) groups excluding carboxylic acids is 3. The Kier molecular flexibility index (Phi) is 6.86. The summed E-state index contributed by atoms with van der Waals surface area (Å²) in [6.07, 6.45) is -1.07. The maximum atomic E-state index is 14.8. The molecule has 8 nitrogen and oxygen atoms in total. The minimum absolute atomic E-state index is 0.0730. The van der Waals surface area contributed by atoms with Gasteiger partial charge in [-0.05, 0) is 36.2 Å². The Morgan fingerprint density at radius 1 is 1.26 bits per heavy atom. The number of halogens is 1. The van der Waals surface area contributed by atoms with Gasteiger partial charge in [-0.15, -0.1) is 0 Å². The summed E-state index contributed by atoms with van der Waals surface area (Å²) in [5.41, 5.74) is 7.55. The second-order valence-electron chi connectivity index (χ2n) is 7.41. The van der Waals surface area contributed by atoms with Crippen molar-refractivity contribution in [3.05, 3.63) is 53.8 Å². The van der Waals surface area contributed by atoms with Gasteiger partial charge in [-0.25, -0.2) is 9.18 Å². The highest BCUT2D eigenvalue weighted by Gasteiger charge is 2.32. The van der Waals surface area contributed by atoms with Crippen LogP contribution in [0.25, 0.3) is 11.1 Å². The molecule has 9 heteroatoms. The Hall–Kier alpha value is -3.46. The zero-order valence-electron chi connectivity index (χ0n) is 17.4. The first-order valence-corrected chi connectivity index (χ1v) is 9.88. The van der Waals surface area contributed by atoms with Crippen LogP contribution in [0.1, 0.15) is 25.5 Å². The summed E-state index contributed by atoms with van der Waals surface area (Å²) < 4.78 is 20.1. The lowest BCUT2D eigenvalue weighted by Gasteiger charge is -2.16. The first-order chi connectivity index (χ1) is 14.7. The van der Waals surface area contributed by atoms with Gasteiger partial charge in [-0.2, -0.15) is 0 Å². The predicted octanol–water partition coefficient (Wildman–Crippen LogP) is 2.09. The van der Waals surface area contributed by atoms with Crippen LogP contribution in [-0.2, 0) is 14.3 Å². The van der Waals surface area contributed by atoms with Gasteiger partial charge in [0.1, 0.15) is 11.9 Å². The van der Waals surface area contributed by atoms with E-state index in [1.54, 1.807) is 24.3 Å². The van der Waals surface area contributed by atoms with Gasteiger partial charge < -0.3 is 21.1 Å². The lowest BCUT2D eigenvalue weighted by molar-refractivity contribution is -0.119. The number of nitrogens with zero attached hydrogens (tertiary/aromatic N) is 1. The summed E-state index contributed by atoms with van der Waals surface area (Å²) >= 11 is 0. The third kappa shape index (κ3) is 5.58. The number of amides is 3. The van der Waals surface area contributed by atoms with E-state index in [2.05, 4.69) is 10.6 Å². The number of rotatable bonds is 8. The fraction of sp³-hybridized carbons (Fsp3) is 0.318. The molecule has 0 bridgehead atoms. The zero-order valence-corrected chi connectivity index (χ0v) is 17.4. The molecule has 0 saturated carbocycles. The second-order valence-corrected chi connectivity index (χ2v) is 7.41. The minimum Gasteiger partial charge on any atom is -0.442 e. The molecule has 164 valence electrons. The first-order valence-electron chi connectivity index (χ1n) is 9.88. The van der Waals surface area contributed by atoms with Crippen molar-refractivity contribution in [2.45, 2.75) is 26.0 Å². The van der Waals surface area contributed by atoms with Gasteiger partial charge in [0.2, 0.25) is 11.8 Å². The Morgan fingerprint density at radius 3 is 2.58 bits per heavy atom. The van der Waals surface area contributed by atoms with E-state index in [-0.39, 0.29) is 31.6 Å². The average molecular weight is 428 g/mol. The first kappa shape index (κ1) is 22.2. The minimum atomic E-state index is -0.579. The number of hydrogen-bond acceptors (Lipinski definition) is 5. The topological polar surface area (TPSA) is 114 Å². The van der Waals surface area contributed by atoms with Crippen LogP contribution in [0.5, 0.6) is 0 Å². The molecule has 0 aromatic heterocycles. The van der Waals surface area contributed by atoms with E-state index in [9.17, 15) is 18.8 Å². The zero-order chi connectivity index (χ0) is 22.5. The molecule has 1 heterocycles. The second kappa shape index (κ2) is 9.57. The van der Waals surface area contributed by atoms with E-state index in [0.717, 1.165) is 5.56 Å². The standard InChI is InChI=1S/C22H25FN4O4/c1-13(25-11-21(24)29)15-3-5-16(6-4-15)19-8-7-17(9-20(19)23)27-12-18(31-22(27)30)10-26-14(2)28/h3-9,13,18,25H,10-12H2,1-2H3,(H2,24,29)(H,26,28)/t13?,18-/m0/s1. The van der Waals surface area contributed by atoms with Crippen molar-refractivity contribution in [3.8, 4) is 11.1 Å². The Balaban J connectivity index is 1.70. The van der Waals surface area contributed by atoms with E-state index in [4.69, 9.17) is 10.5 Å². The molecular weight excluding hydrogens is 403 g/mol. The van der Waals surface area contributed by atoms with Gasteiger partial charge in [0.25, 0.3) is 0 Å². The molecule has 4 N–H and O–H groups in total. The fourth-order valence-corrected chi connectivity index (χ4v) is 3.33. The molecule has 2 aromatic carbocycles. The molecular formula is C22H25FN4O4. The molecule has 3 rings (SSSR count). The molecule has 1 aliphatic rings. The molecule has 0 radical (unpaired) electrons. The summed E-state index contributed by atoms with van der Waals surface area (Å²) in [5.74, 6) is -1.12. The van der Waals surface area contributed by atoms with E-state index >= 15 is 0 Å². The Morgan fingerprint density at radius 2 is 1.97 bits per heavy atom. The van der Waals surface area contributed by atoms with Crippen molar-refractivity contribution in [1.82, 2.24) is 10.6 Å². The third-order valence-corrected chi connectivity index (χ3v) is 5.02. The number of hydrogen-bond donors (Lipinski definition) is 3. The van der Waals surface area contributed by atoms with Gasteiger partial charge in [0, 0.05) is 18.5 Å². The van der Waals surface area contributed by atoms with Crippen LogP contribution in [0.4, 0.5) is 14.9 Å². The summed E-state index contributed by atoms with van der Waals surface area (Å²) in [5, 5.41) is 5.61. The monoisotopic (exact) mass is 428 g/mol. The van der Waals surface area contributed by atoms with E-state index in [0.29, 0.717) is 16.8 Å². The summed E-state index contributed by atoms with van der Waals surface area (Å²) in [6.45, 7) is 3.79. The van der Waals surface area contributed by atoms with Crippen molar-refractivity contribution in [3.63, 3.8) is 0 Å². The van der Waals surface area contributed by atoms with Gasteiger partial charge in [0.05, 0.1) is 25.3 Å². The number of anilines is 1. The normalized spacial score (nSPS) is 16.7. The number of carbonyl (C=O) groups is 3. The summed E-state index contributed by atoms with van der Waals surface area (Å²) in [6, 6.07) is 11.8. The molecule has 1 fully saturated rings. The van der Waals surface area contributed by atoms with Gasteiger partial charge in [-0.3, -0.25) is 14.5 Å². The molecule has 1 unspecified atom stereocenters. The van der Waals surface area contributed by atoms with Crippen LogP contribution in [0, 0.1) is 5.82 Å². The quantitative estimate of drug-likeness (QED) is 0.596. The number of ether oxygens (including phenoxy) is 1. The lowest BCUT2D eigenvalue weighted by atomic mass is 10.0. The number of cyclic esters (lactones) is 1. The predicted molar refractivity (Wildman–Crippen MR) is 114 cm³/mol. The molecule has 31 heavy (non-hydrogen) atoms. The van der Waals surface area contributed by atoms with Crippen LogP contribution in [0.15, 0.2) is 42.5 Å². The number of nitrogens with two attached hydrogens (primary N) is 1. The van der Waals surface area contributed by atoms with Gasteiger partial charge in [0.15, 0.2) is 0 Å². The molecule has 1 aliphatic heterocycles. The highest BCUT2D eigenvalue weighted by molar-refractivity contribution is 5.90. The third-order valence-electron chi connectivity index (χ3n) is 5.02. The van der Waals surface area contributed by atoms with Crippen LogP contribution < -0.4 is 21.3 Å². The smallest absolute Gasteiger partial charge is 0.414 e. The highest BCUT2D eigenvalue weighted by Crippen LogP contribution is 2.29. The summed E-state index contributed by atoms with van der Waals surface area (Å²) in [7, 11) is 0. The SMILES string of the molecule is CC(=O)NC[C@H]1CN(c2ccc(-c3ccc(C(C)NCC(N)=O)cc3)c(F)c2)C(=O)O1. The van der Waals surface area contributed by atoms with Crippen LogP contribution >= 0.6 is 0 Å². The Bertz CT molecular complexity index is 980. The van der Waals surface area contributed by atoms with E-state index in [1.165, 1.54) is 17.9 Å². The summed E-state index contributed by atoms with van der Waals surface area (Å²) in [4.78, 5) is 35.4. The maximum Gasteiger partial charge on any atom is 0.414 e. The maximum absolute atomic E-state index is 14.8. The molecule has 3 amide bonds. The van der Waals surface area contributed by atoms with Gasteiger partial charge in [-0.1, -0.05) is 24.3 Å². The van der Waals surface area contributed by atoms with E-state index in [1.807, 2.05) is 19.1 Å². The van der Waals surface area contributed by atoms with Crippen molar-refractivity contribution in [2.24, 2.45) is 5.73 Å². The van der Waals surface area contributed by atoms with E-state index < -0.39 is 23.9 Å². The van der Waals surface area contributed by atoms with Gasteiger partial charge >= 0.3 is 6.09 Å². The van der Waals surface area contributed by atoms with Crippen molar-refractivity contribution >= 4 is 23.6 Å². The van der Waals surface area contributed by atoms with Crippen LogP contribution in [-0.4, -0.2) is 43.6 Å². The highest BCUT2D eigenvalue weighted by atomic mass is 19.1. The molecule has 1 saturated heterocycles. The largest absolute Gasteiger partial charge is 0.442 e. The number of benzene rings is 2.